The molecule has 0 radical (unpaired) electrons. The number of aliphatic carboxylic acids is 1. The Labute approximate surface area is 127 Å². The highest BCUT2D eigenvalue weighted by molar-refractivity contribution is 5.92. The maximum Gasteiger partial charge on any atom is 0.410 e. The Kier molecular flexibility index (Phi) is 4.98. The summed E-state index contributed by atoms with van der Waals surface area (Å²) in [6, 6.07) is 5.39. The number of nitrogens with zero attached hydrogens (tertiary/aromatic N) is 1. The van der Waals surface area contributed by atoms with Gasteiger partial charge in [0.15, 0.2) is 0 Å². The Morgan fingerprint density at radius 1 is 1.23 bits per heavy atom. The average molecular weight is 306 g/mol. The molecule has 0 saturated carbocycles. The number of hydrogen-bond acceptors (Lipinski definition) is 4. The second kappa shape index (κ2) is 6.93. The number of carbonyl (C=O) groups is 3. The van der Waals surface area contributed by atoms with Gasteiger partial charge in [-0.15, -0.1) is 0 Å². The third kappa shape index (κ3) is 3.97. The lowest BCUT2D eigenvalue weighted by Crippen LogP contribution is -2.25. The van der Waals surface area contributed by atoms with E-state index in [1.165, 1.54) is 0 Å². The molecule has 22 heavy (non-hydrogen) atoms. The maximum atomic E-state index is 11.7. The van der Waals surface area contributed by atoms with Gasteiger partial charge < -0.3 is 15.2 Å². The van der Waals surface area contributed by atoms with Crippen LogP contribution in [0.1, 0.15) is 30.9 Å². The van der Waals surface area contributed by atoms with Crippen LogP contribution in [0.2, 0.25) is 0 Å². The summed E-state index contributed by atoms with van der Waals surface area (Å²) in [6.45, 7) is 3.01. The lowest BCUT2D eigenvalue weighted by Gasteiger charge is -2.13. The zero-order valence-electron chi connectivity index (χ0n) is 12.3. The summed E-state index contributed by atoms with van der Waals surface area (Å²) >= 11 is 0. The highest BCUT2D eigenvalue weighted by Gasteiger charge is 2.24. The molecular weight excluding hydrogens is 288 g/mol. The van der Waals surface area contributed by atoms with Gasteiger partial charge in [0.1, 0.15) is 0 Å². The first-order valence-electron chi connectivity index (χ1n) is 7.04. The van der Waals surface area contributed by atoms with Crippen LogP contribution in [0.3, 0.4) is 0 Å². The summed E-state index contributed by atoms with van der Waals surface area (Å²) in [5, 5.41) is 11.2. The van der Waals surface area contributed by atoms with Crippen LogP contribution in [0.15, 0.2) is 18.2 Å². The summed E-state index contributed by atoms with van der Waals surface area (Å²) in [7, 11) is 0. The van der Waals surface area contributed by atoms with E-state index in [9.17, 15) is 14.4 Å². The molecule has 1 heterocycles. The van der Waals surface area contributed by atoms with E-state index >= 15 is 0 Å². The first-order chi connectivity index (χ1) is 10.5. The molecule has 0 bridgehead atoms. The molecule has 7 nitrogen and oxygen atoms in total. The number of benzene rings is 1. The highest BCUT2D eigenvalue weighted by Crippen LogP contribution is 2.26. The van der Waals surface area contributed by atoms with E-state index in [1.807, 2.05) is 6.07 Å². The van der Waals surface area contributed by atoms with Gasteiger partial charge in [0.25, 0.3) is 0 Å². The van der Waals surface area contributed by atoms with E-state index in [-0.39, 0.29) is 24.8 Å². The van der Waals surface area contributed by atoms with Gasteiger partial charge in [-0.1, -0.05) is 6.07 Å². The first-order valence-corrected chi connectivity index (χ1v) is 7.04. The van der Waals surface area contributed by atoms with Crippen molar-refractivity contribution in [1.29, 1.82) is 0 Å². The van der Waals surface area contributed by atoms with Crippen molar-refractivity contribution in [2.45, 2.75) is 32.9 Å². The SMILES string of the molecule is CCOC(=O)N1Cc2ccc(NC(=O)CCC(=O)O)cc2C1. The molecule has 0 fully saturated rings. The summed E-state index contributed by atoms with van der Waals surface area (Å²) in [4.78, 5) is 35.3. The van der Waals surface area contributed by atoms with E-state index < -0.39 is 5.97 Å². The molecule has 1 aliphatic rings. The Bertz CT molecular complexity index is 600. The molecule has 1 aromatic carbocycles. The normalized spacial score (nSPS) is 12.7. The number of amides is 2. The van der Waals surface area contributed by atoms with Crippen molar-refractivity contribution in [3.05, 3.63) is 29.3 Å². The van der Waals surface area contributed by atoms with Crippen LogP contribution < -0.4 is 5.32 Å². The lowest BCUT2D eigenvalue weighted by molar-refractivity contribution is -0.138. The molecule has 118 valence electrons. The minimum Gasteiger partial charge on any atom is -0.481 e. The number of ether oxygens (including phenoxy) is 1. The molecule has 0 saturated heterocycles. The van der Waals surface area contributed by atoms with Crippen molar-refractivity contribution in [2.75, 3.05) is 11.9 Å². The van der Waals surface area contributed by atoms with Gasteiger partial charge in [0.05, 0.1) is 13.0 Å². The number of carboxylic acids is 1. The molecule has 0 atom stereocenters. The van der Waals surface area contributed by atoms with E-state index in [1.54, 1.807) is 24.0 Å². The van der Waals surface area contributed by atoms with Crippen LogP contribution in [0.4, 0.5) is 10.5 Å². The highest BCUT2D eigenvalue weighted by atomic mass is 16.6. The number of hydrogen-bond donors (Lipinski definition) is 2. The molecule has 7 heteroatoms. The fraction of sp³-hybridized carbons (Fsp3) is 0.400. The second-order valence-electron chi connectivity index (χ2n) is 4.98. The second-order valence-corrected chi connectivity index (χ2v) is 4.98. The van der Waals surface area contributed by atoms with Crippen molar-refractivity contribution in [1.82, 2.24) is 4.90 Å². The van der Waals surface area contributed by atoms with E-state index in [0.29, 0.717) is 25.4 Å². The summed E-state index contributed by atoms with van der Waals surface area (Å²) < 4.78 is 4.97. The van der Waals surface area contributed by atoms with Crippen LogP contribution >= 0.6 is 0 Å². The smallest absolute Gasteiger partial charge is 0.410 e. The van der Waals surface area contributed by atoms with E-state index in [0.717, 1.165) is 11.1 Å². The molecule has 0 unspecified atom stereocenters. The Morgan fingerprint density at radius 3 is 2.64 bits per heavy atom. The van der Waals surface area contributed by atoms with Gasteiger partial charge in [0.2, 0.25) is 5.91 Å². The third-order valence-electron chi connectivity index (χ3n) is 3.30. The van der Waals surface area contributed by atoms with Gasteiger partial charge in [-0.05, 0) is 30.2 Å². The largest absolute Gasteiger partial charge is 0.481 e. The molecule has 2 rings (SSSR count). The predicted octanol–water partition coefficient (Wildman–Crippen LogP) is 1.96. The Balaban J connectivity index is 1.96. The van der Waals surface area contributed by atoms with Crippen molar-refractivity contribution in [3.8, 4) is 0 Å². The predicted molar refractivity (Wildman–Crippen MR) is 78.2 cm³/mol. The quantitative estimate of drug-likeness (QED) is 0.867. The molecule has 2 N–H and O–H groups in total. The molecule has 1 aliphatic heterocycles. The molecular formula is C15H18N2O5. The standard InChI is InChI=1S/C15H18N2O5/c1-2-22-15(21)17-8-10-3-4-12(7-11(10)9-17)16-13(18)5-6-14(19)20/h3-4,7H,2,5-6,8-9H2,1H3,(H,16,18)(H,19,20). The Morgan fingerprint density at radius 2 is 1.95 bits per heavy atom. The third-order valence-corrected chi connectivity index (χ3v) is 3.30. The molecule has 0 spiro atoms. The maximum absolute atomic E-state index is 11.7. The minimum atomic E-state index is -1.01. The molecule has 2 amide bonds. The molecule has 0 aliphatic carbocycles. The number of nitrogens with one attached hydrogen (secondary N) is 1. The van der Waals surface area contributed by atoms with Gasteiger partial charge in [-0.25, -0.2) is 4.79 Å². The number of anilines is 1. The van der Waals surface area contributed by atoms with Gasteiger partial charge in [0, 0.05) is 25.2 Å². The Hall–Kier alpha value is -2.57. The van der Waals surface area contributed by atoms with Crippen molar-refractivity contribution < 1.29 is 24.2 Å². The topological polar surface area (TPSA) is 95.9 Å². The number of carbonyl (C=O) groups excluding carboxylic acids is 2. The summed E-state index contributed by atoms with van der Waals surface area (Å²) in [6.07, 6.45) is -0.625. The van der Waals surface area contributed by atoms with Crippen LogP contribution in [0.25, 0.3) is 0 Å². The van der Waals surface area contributed by atoms with Gasteiger partial charge in [-0.3, -0.25) is 14.5 Å². The lowest BCUT2D eigenvalue weighted by atomic mass is 10.1. The zero-order chi connectivity index (χ0) is 16.1. The number of carboxylic acid groups (broad SMARTS) is 1. The van der Waals surface area contributed by atoms with E-state index in [2.05, 4.69) is 5.32 Å². The molecule has 1 aromatic rings. The first kappa shape index (κ1) is 15.8. The monoisotopic (exact) mass is 306 g/mol. The fourth-order valence-corrected chi connectivity index (χ4v) is 2.26. The van der Waals surface area contributed by atoms with E-state index in [4.69, 9.17) is 9.84 Å². The number of fused-ring (bicyclic) bond motifs is 1. The van der Waals surface area contributed by atoms with Crippen LogP contribution in [0, 0.1) is 0 Å². The van der Waals surface area contributed by atoms with Gasteiger partial charge in [-0.2, -0.15) is 0 Å². The van der Waals surface area contributed by atoms with Crippen LogP contribution in [-0.2, 0) is 27.4 Å². The van der Waals surface area contributed by atoms with Gasteiger partial charge >= 0.3 is 12.1 Å². The molecule has 0 aromatic heterocycles. The van der Waals surface area contributed by atoms with Crippen molar-refractivity contribution in [2.24, 2.45) is 0 Å². The zero-order valence-corrected chi connectivity index (χ0v) is 12.3. The van der Waals surface area contributed by atoms with Crippen molar-refractivity contribution >= 4 is 23.7 Å². The van der Waals surface area contributed by atoms with Crippen molar-refractivity contribution in [3.63, 3.8) is 0 Å². The summed E-state index contributed by atoms with van der Waals surface area (Å²) in [5.74, 6) is -1.35. The number of rotatable bonds is 5. The minimum absolute atomic E-state index is 0.0681. The average Bonchev–Trinajstić information content (AvgIpc) is 2.88. The van der Waals surface area contributed by atoms with Crippen LogP contribution in [-0.4, -0.2) is 34.6 Å². The fourth-order valence-electron chi connectivity index (χ4n) is 2.26. The summed E-state index contributed by atoms with van der Waals surface area (Å²) in [5.41, 5.74) is 2.56. The van der Waals surface area contributed by atoms with Crippen LogP contribution in [0.5, 0.6) is 0 Å².